The van der Waals surface area contributed by atoms with Crippen LogP contribution in [-0.2, 0) is 14.3 Å². The van der Waals surface area contributed by atoms with Crippen molar-refractivity contribution in [2.45, 2.75) is 347 Å². The number of nitrogens with one attached hydrogen (secondary N) is 1. The summed E-state index contributed by atoms with van der Waals surface area (Å²) in [6, 6.07) is -0.629. The van der Waals surface area contributed by atoms with Gasteiger partial charge < -0.3 is 20.3 Å². The molecule has 0 aliphatic heterocycles. The summed E-state index contributed by atoms with van der Waals surface area (Å²) < 4.78 is 5.49. The lowest BCUT2D eigenvalue weighted by Crippen LogP contribution is -2.45. The molecule has 0 aliphatic rings. The molecule has 70 heavy (non-hydrogen) atoms. The number of unbranched alkanes of at least 4 members (excludes halogenated alkanes) is 43. The van der Waals surface area contributed by atoms with Gasteiger partial charge in [-0.2, -0.15) is 0 Å². The average molecular weight is 985 g/mol. The smallest absolute Gasteiger partial charge is 0.305 e. The summed E-state index contributed by atoms with van der Waals surface area (Å²) in [5, 5.41) is 23.0. The molecule has 412 valence electrons. The van der Waals surface area contributed by atoms with E-state index in [0.717, 1.165) is 44.9 Å². The fourth-order valence-corrected chi connectivity index (χ4v) is 9.61. The molecule has 0 aromatic heterocycles. The van der Waals surface area contributed by atoms with E-state index in [1.807, 2.05) is 6.08 Å². The van der Waals surface area contributed by atoms with Crippen LogP contribution >= 0.6 is 0 Å². The SMILES string of the molecule is CCCCCCCCCC/C=C/C(O)C(CO)NC(=O)CCCCCCCCCCCCC/C=C\C/C=C\CCCCCCCCCCCOC(=O)CCCCCCCCCCCCCCCCCC. The number of ether oxygens (including phenoxy) is 1. The molecule has 0 aromatic rings. The number of amides is 1. The van der Waals surface area contributed by atoms with E-state index in [1.54, 1.807) is 6.08 Å². The molecule has 0 aliphatic carbocycles. The van der Waals surface area contributed by atoms with Gasteiger partial charge >= 0.3 is 5.97 Å². The molecular formula is C64H121NO5. The van der Waals surface area contributed by atoms with Gasteiger partial charge in [0.1, 0.15) is 0 Å². The zero-order valence-corrected chi connectivity index (χ0v) is 47.0. The van der Waals surface area contributed by atoms with Crippen LogP contribution in [0.5, 0.6) is 0 Å². The minimum atomic E-state index is -0.845. The first-order chi connectivity index (χ1) is 34.5. The summed E-state index contributed by atoms with van der Waals surface area (Å²) in [7, 11) is 0. The van der Waals surface area contributed by atoms with E-state index in [4.69, 9.17) is 4.74 Å². The minimum Gasteiger partial charge on any atom is -0.466 e. The highest BCUT2D eigenvalue weighted by Crippen LogP contribution is 2.17. The van der Waals surface area contributed by atoms with Gasteiger partial charge in [0.2, 0.25) is 5.91 Å². The number of carbonyl (C=O) groups is 2. The maximum atomic E-state index is 12.4. The highest BCUT2D eigenvalue weighted by molar-refractivity contribution is 5.76. The number of allylic oxidation sites excluding steroid dienone is 5. The normalized spacial score (nSPS) is 12.8. The quantitative estimate of drug-likeness (QED) is 0.0321. The first-order valence-electron chi connectivity index (χ1n) is 31.3. The average Bonchev–Trinajstić information content (AvgIpc) is 3.36. The van der Waals surface area contributed by atoms with E-state index in [1.165, 1.54) is 263 Å². The Morgan fingerprint density at radius 2 is 0.714 bits per heavy atom. The van der Waals surface area contributed by atoms with Crippen LogP contribution < -0.4 is 5.32 Å². The second kappa shape index (κ2) is 59.6. The monoisotopic (exact) mass is 984 g/mol. The third-order valence-corrected chi connectivity index (χ3v) is 14.4. The van der Waals surface area contributed by atoms with Crippen molar-refractivity contribution in [1.82, 2.24) is 5.32 Å². The summed E-state index contributed by atoms with van der Waals surface area (Å²) in [5.41, 5.74) is 0. The highest BCUT2D eigenvalue weighted by Gasteiger charge is 2.18. The number of hydrogen-bond acceptors (Lipinski definition) is 5. The molecule has 2 unspecified atom stereocenters. The number of aliphatic hydroxyl groups is 2. The van der Waals surface area contributed by atoms with E-state index in [9.17, 15) is 19.8 Å². The maximum absolute atomic E-state index is 12.4. The molecule has 0 heterocycles. The van der Waals surface area contributed by atoms with Crippen molar-refractivity contribution < 1.29 is 24.5 Å². The molecule has 0 saturated carbocycles. The number of hydrogen-bond donors (Lipinski definition) is 3. The van der Waals surface area contributed by atoms with Gasteiger partial charge in [0.25, 0.3) is 0 Å². The molecule has 0 saturated heterocycles. The molecule has 6 heteroatoms. The van der Waals surface area contributed by atoms with Crippen molar-refractivity contribution in [1.29, 1.82) is 0 Å². The Balaban J connectivity index is 3.40. The first-order valence-corrected chi connectivity index (χ1v) is 31.3. The van der Waals surface area contributed by atoms with E-state index in [2.05, 4.69) is 43.5 Å². The van der Waals surface area contributed by atoms with Gasteiger partial charge in [0.05, 0.1) is 25.4 Å². The van der Waals surface area contributed by atoms with Crippen LogP contribution in [0.15, 0.2) is 36.5 Å². The van der Waals surface area contributed by atoms with Gasteiger partial charge in [0, 0.05) is 12.8 Å². The number of aliphatic hydroxyl groups excluding tert-OH is 2. The Kier molecular flexibility index (Phi) is 58.0. The largest absolute Gasteiger partial charge is 0.466 e. The third-order valence-electron chi connectivity index (χ3n) is 14.4. The second-order valence-corrected chi connectivity index (χ2v) is 21.4. The van der Waals surface area contributed by atoms with E-state index >= 15 is 0 Å². The lowest BCUT2D eigenvalue weighted by Gasteiger charge is -2.20. The van der Waals surface area contributed by atoms with Gasteiger partial charge in [-0.15, -0.1) is 0 Å². The molecule has 2 atom stereocenters. The molecule has 0 fully saturated rings. The number of esters is 1. The Hall–Kier alpha value is -1.92. The molecule has 3 N–H and O–H groups in total. The molecular weight excluding hydrogens is 863 g/mol. The third kappa shape index (κ3) is 55.4. The van der Waals surface area contributed by atoms with E-state index in [0.29, 0.717) is 19.4 Å². The number of rotatable bonds is 58. The van der Waals surface area contributed by atoms with Crippen molar-refractivity contribution >= 4 is 11.9 Å². The molecule has 0 aromatic carbocycles. The fraction of sp³-hybridized carbons (Fsp3) is 0.875. The van der Waals surface area contributed by atoms with Gasteiger partial charge in [-0.25, -0.2) is 0 Å². The maximum Gasteiger partial charge on any atom is 0.305 e. The van der Waals surface area contributed by atoms with E-state index < -0.39 is 12.1 Å². The Morgan fingerprint density at radius 1 is 0.400 bits per heavy atom. The summed E-state index contributed by atoms with van der Waals surface area (Å²) in [4.78, 5) is 24.5. The standard InChI is InChI=1S/C64H121NO5/c1-3-5-7-9-11-13-15-16-17-32-35-38-42-46-50-54-58-64(69)70-59-55-51-47-43-39-36-33-30-28-26-24-22-20-18-19-21-23-25-27-29-31-34-37-41-45-49-53-57-63(68)65-61(60-66)62(67)56-52-48-44-40-14-12-10-8-6-4-2/h18-19,22,24,52,56,61-62,66-67H,3-17,20-21,23,25-51,53-55,57-60H2,1-2H3,(H,65,68)/b19-18-,24-22-,56-52+. The fourth-order valence-electron chi connectivity index (χ4n) is 9.61. The summed E-state index contributed by atoms with van der Waals surface area (Å²) in [6.45, 7) is 4.90. The van der Waals surface area contributed by atoms with Gasteiger partial charge in [0.15, 0.2) is 0 Å². The van der Waals surface area contributed by atoms with Crippen LogP contribution in [0.2, 0.25) is 0 Å². The Morgan fingerprint density at radius 3 is 1.09 bits per heavy atom. The van der Waals surface area contributed by atoms with Crippen molar-refractivity contribution in [3.05, 3.63) is 36.5 Å². The number of carbonyl (C=O) groups excluding carboxylic acids is 2. The molecule has 0 bridgehead atoms. The Labute approximate surface area is 436 Å². The Bertz CT molecular complexity index is 1130. The lowest BCUT2D eigenvalue weighted by molar-refractivity contribution is -0.143. The molecule has 0 spiro atoms. The van der Waals surface area contributed by atoms with Gasteiger partial charge in [-0.1, -0.05) is 294 Å². The zero-order valence-electron chi connectivity index (χ0n) is 47.0. The molecule has 6 nitrogen and oxygen atoms in total. The molecule has 0 rings (SSSR count). The van der Waals surface area contributed by atoms with Crippen molar-refractivity contribution in [3.8, 4) is 0 Å². The van der Waals surface area contributed by atoms with Crippen LogP contribution in [0.25, 0.3) is 0 Å². The molecule has 1 amide bonds. The van der Waals surface area contributed by atoms with Gasteiger partial charge in [-0.3, -0.25) is 9.59 Å². The van der Waals surface area contributed by atoms with Crippen LogP contribution in [0.4, 0.5) is 0 Å². The van der Waals surface area contributed by atoms with Crippen LogP contribution in [0, 0.1) is 0 Å². The van der Waals surface area contributed by atoms with Crippen LogP contribution in [-0.4, -0.2) is 47.4 Å². The summed E-state index contributed by atoms with van der Waals surface area (Å²) in [5.74, 6) is -0.0591. The minimum absolute atomic E-state index is 0.0136. The van der Waals surface area contributed by atoms with Gasteiger partial charge in [-0.05, 0) is 64.2 Å². The predicted octanol–water partition coefficient (Wildman–Crippen LogP) is 19.6. The topological polar surface area (TPSA) is 95.9 Å². The van der Waals surface area contributed by atoms with Crippen molar-refractivity contribution in [2.75, 3.05) is 13.2 Å². The van der Waals surface area contributed by atoms with Crippen molar-refractivity contribution in [3.63, 3.8) is 0 Å². The van der Waals surface area contributed by atoms with Crippen LogP contribution in [0.3, 0.4) is 0 Å². The lowest BCUT2D eigenvalue weighted by atomic mass is 10.0. The zero-order chi connectivity index (χ0) is 50.7. The highest BCUT2D eigenvalue weighted by atomic mass is 16.5. The van der Waals surface area contributed by atoms with Crippen LogP contribution in [0.1, 0.15) is 335 Å². The predicted molar refractivity (Wildman–Crippen MR) is 306 cm³/mol. The first kappa shape index (κ1) is 68.1. The molecule has 0 radical (unpaired) electrons. The van der Waals surface area contributed by atoms with Crippen molar-refractivity contribution in [2.24, 2.45) is 0 Å². The van der Waals surface area contributed by atoms with E-state index in [-0.39, 0.29) is 18.5 Å². The summed E-state index contributed by atoms with van der Waals surface area (Å²) >= 11 is 0. The summed E-state index contributed by atoms with van der Waals surface area (Å²) in [6.07, 6.45) is 74.8. The second-order valence-electron chi connectivity index (χ2n) is 21.4.